The van der Waals surface area contributed by atoms with Crippen molar-refractivity contribution in [2.75, 3.05) is 19.6 Å². The largest absolute Gasteiger partial charge is 0.312 e. The lowest BCUT2D eigenvalue weighted by Crippen LogP contribution is -2.46. The van der Waals surface area contributed by atoms with Crippen molar-refractivity contribution in [2.24, 2.45) is 5.92 Å². The molecule has 3 heteroatoms. The lowest BCUT2D eigenvalue weighted by molar-refractivity contribution is 0.183. The highest BCUT2D eigenvalue weighted by atomic mass is 19.1. The number of nitrogens with one attached hydrogen (secondary N) is 1. The highest BCUT2D eigenvalue weighted by Crippen LogP contribution is 2.17. The van der Waals surface area contributed by atoms with E-state index in [1.165, 1.54) is 31.5 Å². The van der Waals surface area contributed by atoms with Gasteiger partial charge in [0.1, 0.15) is 5.82 Å². The Morgan fingerprint density at radius 2 is 1.71 bits per heavy atom. The first-order chi connectivity index (χ1) is 10.1. The fraction of sp³-hybridized carbons (Fsp3) is 0.667. The fourth-order valence-electron chi connectivity index (χ4n) is 3.23. The van der Waals surface area contributed by atoms with Crippen molar-refractivity contribution in [3.63, 3.8) is 0 Å². The van der Waals surface area contributed by atoms with Gasteiger partial charge in [0.05, 0.1) is 0 Å². The maximum atomic E-state index is 12.9. The molecule has 0 spiro atoms. The Labute approximate surface area is 128 Å². The molecule has 2 unspecified atom stereocenters. The van der Waals surface area contributed by atoms with Gasteiger partial charge in [0.25, 0.3) is 0 Å². The maximum absolute atomic E-state index is 12.9. The van der Waals surface area contributed by atoms with Gasteiger partial charge in [0.2, 0.25) is 0 Å². The van der Waals surface area contributed by atoms with E-state index in [1.54, 1.807) is 12.1 Å². The number of hydrogen-bond donors (Lipinski definition) is 1. The van der Waals surface area contributed by atoms with E-state index in [4.69, 9.17) is 0 Å². The van der Waals surface area contributed by atoms with Crippen LogP contribution in [0.15, 0.2) is 24.3 Å². The van der Waals surface area contributed by atoms with Gasteiger partial charge in [0.15, 0.2) is 0 Å². The fourth-order valence-corrected chi connectivity index (χ4v) is 3.23. The minimum Gasteiger partial charge on any atom is -0.312 e. The van der Waals surface area contributed by atoms with Crippen LogP contribution >= 0.6 is 0 Å². The number of nitrogens with zero attached hydrogens (tertiary/aromatic N) is 1. The molecular formula is C18H29FN2. The second-order valence-corrected chi connectivity index (χ2v) is 6.69. The number of halogens is 1. The van der Waals surface area contributed by atoms with Gasteiger partial charge < -0.3 is 5.32 Å². The molecule has 0 amide bonds. The van der Waals surface area contributed by atoms with Gasteiger partial charge in [0, 0.05) is 18.6 Å². The van der Waals surface area contributed by atoms with Crippen molar-refractivity contribution >= 4 is 0 Å². The monoisotopic (exact) mass is 292 g/mol. The predicted octanol–water partition coefficient (Wildman–Crippen LogP) is 3.47. The van der Waals surface area contributed by atoms with Gasteiger partial charge >= 0.3 is 0 Å². The van der Waals surface area contributed by atoms with Crippen LogP contribution < -0.4 is 5.32 Å². The van der Waals surface area contributed by atoms with Crippen LogP contribution in [-0.2, 0) is 6.42 Å². The summed E-state index contributed by atoms with van der Waals surface area (Å²) in [4.78, 5) is 2.63. The Morgan fingerprint density at radius 1 is 1.10 bits per heavy atom. The molecule has 1 heterocycles. The first-order valence-corrected chi connectivity index (χ1v) is 8.28. The summed E-state index contributed by atoms with van der Waals surface area (Å²) >= 11 is 0. The normalized spacial score (nSPS) is 19.1. The van der Waals surface area contributed by atoms with E-state index in [0.717, 1.165) is 13.0 Å². The van der Waals surface area contributed by atoms with Crippen LogP contribution in [-0.4, -0.2) is 36.6 Å². The molecule has 1 N–H and O–H groups in total. The van der Waals surface area contributed by atoms with E-state index >= 15 is 0 Å². The highest BCUT2D eigenvalue weighted by molar-refractivity contribution is 5.17. The zero-order chi connectivity index (χ0) is 15.2. The zero-order valence-electron chi connectivity index (χ0n) is 13.6. The van der Waals surface area contributed by atoms with Crippen LogP contribution in [0.4, 0.5) is 4.39 Å². The van der Waals surface area contributed by atoms with Gasteiger partial charge in [-0.05, 0) is 62.9 Å². The van der Waals surface area contributed by atoms with Gasteiger partial charge in [-0.1, -0.05) is 26.0 Å². The minimum absolute atomic E-state index is 0.159. The molecule has 1 aliphatic rings. The van der Waals surface area contributed by atoms with Crippen LogP contribution in [0.2, 0.25) is 0 Å². The molecule has 0 saturated carbocycles. The number of likely N-dealkylation sites (tertiary alicyclic amines) is 1. The molecule has 0 radical (unpaired) electrons. The van der Waals surface area contributed by atoms with Crippen LogP contribution in [0.3, 0.4) is 0 Å². The molecular weight excluding hydrogens is 263 g/mol. The van der Waals surface area contributed by atoms with Crippen molar-refractivity contribution in [3.8, 4) is 0 Å². The molecule has 1 aliphatic heterocycles. The third kappa shape index (κ3) is 5.08. The summed E-state index contributed by atoms with van der Waals surface area (Å²) in [5.74, 6) is 0.516. The summed E-state index contributed by atoms with van der Waals surface area (Å²) in [5.41, 5.74) is 1.19. The first kappa shape index (κ1) is 16.4. The third-order valence-electron chi connectivity index (χ3n) is 4.51. The zero-order valence-corrected chi connectivity index (χ0v) is 13.6. The van der Waals surface area contributed by atoms with Gasteiger partial charge in [-0.15, -0.1) is 0 Å². The summed E-state index contributed by atoms with van der Waals surface area (Å²) in [6.45, 7) is 10.4. The second-order valence-electron chi connectivity index (χ2n) is 6.69. The van der Waals surface area contributed by atoms with Gasteiger partial charge in [-0.2, -0.15) is 0 Å². The van der Waals surface area contributed by atoms with Crippen LogP contribution in [0.25, 0.3) is 0 Å². The average Bonchev–Trinajstić information content (AvgIpc) is 2.95. The molecule has 1 aromatic carbocycles. The summed E-state index contributed by atoms with van der Waals surface area (Å²) in [6, 6.07) is 7.90. The minimum atomic E-state index is -0.159. The van der Waals surface area contributed by atoms with Gasteiger partial charge in [-0.25, -0.2) is 4.39 Å². The Bertz CT molecular complexity index is 410. The first-order valence-electron chi connectivity index (χ1n) is 8.28. The predicted molar refractivity (Wildman–Crippen MR) is 87.0 cm³/mol. The summed E-state index contributed by atoms with van der Waals surface area (Å²) < 4.78 is 12.9. The summed E-state index contributed by atoms with van der Waals surface area (Å²) in [6.07, 6.45) is 3.63. The van der Waals surface area contributed by atoms with Crippen molar-refractivity contribution in [1.29, 1.82) is 0 Å². The Morgan fingerprint density at radius 3 is 2.29 bits per heavy atom. The summed E-state index contributed by atoms with van der Waals surface area (Å²) in [7, 11) is 0. The van der Waals surface area contributed by atoms with E-state index in [1.807, 2.05) is 12.1 Å². The van der Waals surface area contributed by atoms with Crippen molar-refractivity contribution in [2.45, 2.75) is 52.1 Å². The molecule has 0 bridgehead atoms. The molecule has 0 aliphatic carbocycles. The highest BCUT2D eigenvalue weighted by Gasteiger charge is 2.24. The number of benzene rings is 1. The van der Waals surface area contributed by atoms with Crippen LogP contribution in [0, 0.1) is 11.7 Å². The second kappa shape index (κ2) is 7.90. The van der Waals surface area contributed by atoms with Crippen LogP contribution in [0.1, 0.15) is 39.2 Å². The Balaban J connectivity index is 1.80. The van der Waals surface area contributed by atoms with E-state index < -0.39 is 0 Å². The standard InChI is InChI=1S/C18H29FN2/c1-14(2)18(21-10-4-5-11-21)13-20-15(3)12-16-6-8-17(19)9-7-16/h6-9,14-15,18,20H,4-5,10-13H2,1-3H3. The van der Waals surface area contributed by atoms with Crippen molar-refractivity contribution < 1.29 is 4.39 Å². The average molecular weight is 292 g/mol. The lowest BCUT2D eigenvalue weighted by atomic mass is 10.0. The molecule has 2 atom stereocenters. The SMILES string of the molecule is CC(Cc1ccc(F)cc1)NCC(C(C)C)N1CCCC1. The lowest BCUT2D eigenvalue weighted by Gasteiger charge is -2.32. The quantitative estimate of drug-likeness (QED) is 0.828. The molecule has 1 fully saturated rings. The topological polar surface area (TPSA) is 15.3 Å². The molecule has 21 heavy (non-hydrogen) atoms. The molecule has 1 aromatic rings. The van der Waals surface area contributed by atoms with Crippen molar-refractivity contribution in [3.05, 3.63) is 35.6 Å². The maximum Gasteiger partial charge on any atom is 0.123 e. The van der Waals surface area contributed by atoms with Crippen molar-refractivity contribution in [1.82, 2.24) is 10.2 Å². The van der Waals surface area contributed by atoms with E-state index in [0.29, 0.717) is 18.0 Å². The Hall–Kier alpha value is -0.930. The number of hydrogen-bond acceptors (Lipinski definition) is 2. The summed E-state index contributed by atoms with van der Waals surface area (Å²) in [5, 5.41) is 3.67. The Kier molecular flexibility index (Phi) is 6.19. The molecule has 1 saturated heterocycles. The van der Waals surface area contributed by atoms with E-state index in [-0.39, 0.29) is 5.82 Å². The van der Waals surface area contributed by atoms with E-state index in [2.05, 4.69) is 31.0 Å². The smallest absolute Gasteiger partial charge is 0.123 e. The molecule has 2 rings (SSSR count). The third-order valence-corrected chi connectivity index (χ3v) is 4.51. The number of rotatable bonds is 7. The molecule has 0 aromatic heterocycles. The molecule has 2 nitrogen and oxygen atoms in total. The molecule has 118 valence electrons. The van der Waals surface area contributed by atoms with E-state index in [9.17, 15) is 4.39 Å². The van der Waals surface area contributed by atoms with Crippen LogP contribution in [0.5, 0.6) is 0 Å². The van der Waals surface area contributed by atoms with Gasteiger partial charge in [-0.3, -0.25) is 4.90 Å².